The van der Waals surface area contributed by atoms with Gasteiger partial charge in [0.2, 0.25) is 0 Å². The lowest BCUT2D eigenvalue weighted by Gasteiger charge is -2.16. The summed E-state index contributed by atoms with van der Waals surface area (Å²) in [5.41, 5.74) is 0. The molecule has 6 heteroatoms. The molecule has 0 unspecified atom stereocenters. The van der Waals surface area contributed by atoms with Gasteiger partial charge in [-0.05, 0) is 31.2 Å². The summed E-state index contributed by atoms with van der Waals surface area (Å²) in [6.07, 6.45) is -0.824. The summed E-state index contributed by atoms with van der Waals surface area (Å²) in [7, 11) is -1.94. The van der Waals surface area contributed by atoms with Crippen LogP contribution in [-0.2, 0) is 9.26 Å². The third kappa shape index (κ3) is 5.32. The molecule has 0 aliphatic rings. The van der Waals surface area contributed by atoms with E-state index < -0.39 is 14.8 Å². The van der Waals surface area contributed by atoms with Gasteiger partial charge in [0, 0.05) is 0 Å². The fourth-order valence-corrected chi connectivity index (χ4v) is 2.27. The molecule has 110 valence electrons. The molecular weight excluding hydrogens is 291 g/mol. The van der Waals surface area contributed by atoms with Crippen LogP contribution in [0.15, 0.2) is 60.7 Å². The minimum Gasteiger partial charge on any atom is -0.434 e. The van der Waals surface area contributed by atoms with Crippen LogP contribution in [-0.4, -0.2) is 12.8 Å². The standard InChI is InChI=1S/C15H15O5P/c1-2-17-15(16)20-21(18-13-9-5-3-6-10-13)19-14-11-7-4-8-12-14/h3-12H,2H2,1H3. The van der Waals surface area contributed by atoms with Crippen molar-refractivity contribution in [1.29, 1.82) is 0 Å². The molecule has 0 aromatic heterocycles. The van der Waals surface area contributed by atoms with Crippen molar-refractivity contribution in [3.8, 4) is 11.5 Å². The maximum absolute atomic E-state index is 11.4. The Balaban J connectivity index is 2.04. The van der Waals surface area contributed by atoms with Gasteiger partial charge in [0.1, 0.15) is 11.5 Å². The van der Waals surface area contributed by atoms with E-state index in [1.807, 2.05) is 36.4 Å². The van der Waals surface area contributed by atoms with Gasteiger partial charge in [0.25, 0.3) is 0 Å². The second kappa shape index (κ2) is 8.12. The Labute approximate surface area is 124 Å². The van der Waals surface area contributed by atoms with Gasteiger partial charge in [-0.2, -0.15) is 0 Å². The second-order valence-corrected chi connectivity index (χ2v) is 4.80. The molecule has 0 N–H and O–H groups in total. The van der Waals surface area contributed by atoms with Gasteiger partial charge in [-0.3, -0.25) is 0 Å². The van der Waals surface area contributed by atoms with Crippen molar-refractivity contribution in [3.05, 3.63) is 60.7 Å². The highest BCUT2D eigenvalue weighted by atomic mass is 31.2. The third-order valence-electron chi connectivity index (χ3n) is 2.26. The average molecular weight is 306 g/mol. The smallest absolute Gasteiger partial charge is 0.434 e. The maximum Gasteiger partial charge on any atom is 0.534 e. The molecule has 5 nitrogen and oxygen atoms in total. The lowest BCUT2D eigenvalue weighted by Crippen LogP contribution is -2.08. The number of rotatable bonds is 6. The lowest BCUT2D eigenvalue weighted by molar-refractivity contribution is 0.101. The largest absolute Gasteiger partial charge is 0.534 e. The molecule has 0 atom stereocenters. The van der Waals surface area contributed by atoms with E-state index in [2.05, 4.69) is 0 Å². The van der Waals surface area contributed by atoms with E-state index >= 15 is 0 Å². The fraction of sp³-hybridized carbons (Fsp3) is 0.133. The molecule has 0 heterocycles. The zero-order chi connectivity index (χ0) is 14.9. The van der Waals surface area contributed by atoms with Crippen molar-refractivity contribution in [1.82, 2.24) is 0 Å². The molecule has 2 rings (SSSR count). The van der Waals surface area contributed by atoms with Crippen molar-refractivity contribution in [3.63, 3.8) is 0 Å². The molecule has 0 radical (unpaired) electrons. The molecule has 0 amide bonds. The first-order valence-electron chi connectivity index (χ1n) is 6.39. The Morgan fingerprint density at radius 2 is 1.38 bits per heavy atom. The van der Waals surface area contributed by atoms with Crippen LogP contribution in [0.25, 0.3) is 0 Å². The number of benzene rings is 2. The van der Waals surface area contributed by atoms with Gasteiger partial charge in [-0.1, -0.05) is 36.4 Å². The minimum atomic E-state index is -1.94. The van der Waals surface area contributed by atoms with Gasteiger partial charge >= 0.3 is 14.8 Å². The molecule has 2 aromatic rings. The minimum absolute atomic E-state index is 0.221. The van der Waals surface area contributed by atoms with Crippen LogP contribution in [0.1, 0.15) is 6.92 Å². The number of ether oxygens (including phenoxy) is 1. The van der Waals surface area contributed by atoms with Crippen molar-refractivity contribution in [2.75, 3.05) is 6.61 Å². The molecule has 0 aliphatic carbocycles. The number of carbonyl (C=O) groups excluding carboxylic acids is 1. The van der Waals surface area contributed by atoms with E-state index in [4.69, 9.17) is 18.3 Å². The molecule has 0 saturated carbocycles. The van der Waals surface area contributed by atoms with E-state index in [1.165, 1.54) is 0 Å². The summed E-state index contributed by atoms with van der Waals surface area (Å²) in [5, 5.41) is 0. The summed E-state index contributed by atoms with van der Waals surface area (Å²) >= 11 is 0. The molecule has 0 saturated heterocycles. The zero-order valence-corrected chi connectivity index (χ0v) is 12.4. The molecule has 0 aliphatic heterocycles. The molecular formula is C15H15O5P. The van der Waals surface area contributed by atoms with E-state index in [0.717, 1.165) is 0 Å². The number of para-hydroxylation sites is 2. The van der Waals surface area contributed by atoms with Crippen LogP contribution in [0, 0.1) is 0 Å². The highest BCUT2D eigenvalue weighted by Crippen LogP contribution is 2.41. The van der Waals surface area contributed by atoms with Crippen LogP contribution in [0.4, 0.5) is 4.79 Å². The van der Waals surface area contributed by atoms with Crippen molar-refractivity contribution >= 4 is 14.8 Å². The predicted octanol–water partition coefficient (Wildman–Crippen LogP) is 4.54. The number of carbonyl (C=O) groups is 1. The number of hydrogen-bond acceptors (Lipinski definition) is 5. The van der Waals surface area contributed by atoms with E-state index in [0.29, 0.717) is 11.5 Å². The van der Waals surface area contributed by atoms with Crippen molar-refractivity contribution in [2.45, 2.75) is 6.92 Å². The van der Waals surface area contributed by atoms with E-state index in [1.54, 1.807) is 31.2 Å². The highest BCUT2D eigenvalue weighted by Gasteiger charge is 2.23. The van der Waals surface area contributed by atoms with E-state index in [-0.39, 0.29) is 6.61 Å². The molecule has 0 bridgehead atoms. The fourth-order valence-electron chi connectivity index (χ4n) is 1.40. The Morgan fingerprint density at radius 1 is 0.905 bits per heavy atom. The summed E-state index contributed by atoms with van der Waals surface area (Å²) in [4.78, 5) is 11.4. The summed E-state index contributed by atoms with van der Waals surface area (Å²) in [5.74, 6) is 1.09. The monoisotopic (exact) mass is 306 g/mol. The SMILES string of the molecule is CCOC(=O)OP(Oc1ccccc1)Oc1ccccc1. The Bertz CT molecular complexity index is 505. The maximum atomic E-state index is 11.4. The average Bonchev–Trinajstić information content (AvgIpc) is 2.49. The normalized spacial score (nSPS) is 10.0. The summed E-state index contributed by atoms with van der Waals surface area (Å²) in [6, 6.07) is 18.0. The van der Waals surface area contributed by atoms with Crippen LogP contribution in [0.5, 0.6) is 11.5 Å². The van der Waals surface area contributed by atoms with Gasteiger partial charge in [0.05, 0.1) is 6.61 Å². The van der Waals surface area contributed by atoms with Gasteiger partial charge < -0.3 is 18.3 Å². The Hall–Kier alpha value is -2.26. The molecule has 21 heavy (non-hydrogen) atoms. The van der Waals surface area contributed by atoms with Gasteiger partial charge in [-0.25, -0.2) is 4.79 Å². The summed E-state index contributed by atoms with van der Waals surface area (Å²) in [6.45, 7) is 1.91. The third-order valence-corrected chi connectivity index (χ3v) is 3.28. The van der Waals surface area contributed by atoms with Crippen LogP contribution < -0.4 is 9.05 Å². The molecule has 0 spiro atoms. The predicted molar refractivity (Wildman–Crippen MR) is 79.2 cm³/mol. The topological polar surface area (TPSA) is 54.0 Å². The Morgan fingerprint density at radius 3 is 1.81 bits per heavy atom. The van der Waals surface area contributed by atoms with Crippen LogP contribution in [0.3, 0.4) is 0 Å². The summed E-state index contributed by atoms with van der Waals surface area (Å²) < 4.78 is 20.9. The van der Waals surface area contributed by atoms with Gasteiger partial charge in [-0.15, -0.1) is 0 Å². The van der Waals surface area contributed by atoms with E-state index in [9.17, 15) is 4.79 Å². The first kappa shape index (κ1) is 15.1. The van der Waals surface area contributed by atoms with Crippen molar-refractivity contribution in [2.24, 2.45) is 0 Å². The van der Waals surface area contributed by atoms with Crippen molar-refractivity contribution < 1.29 is 23.1 Å². The van der Waals surface area contributed by atoms with Crippen LogP contribution >= 0.6 is 8.60 Å². The van der Waals surface area contributed by atoms with Crippen LogP contribution in [0.2, 0.25) is 0 Å². The Kier molecular flexibility index (Phi) is 5.85. The van der Waals surface area contributed by atoms with Gasteiger partial charge in [0.15, 0.2) is 0 Å². The zero-order valence-electron chi connectivity index (χ0n) is 11.5. The first-order valence-corrected chi connectivity index (χ1v) is 7.48. The number of hydrogen-bond donors (Lipinski definition) is 0. The first-order chi connectivity index (χ1) is 10.3. The quantitative estimate of drug-likeness (QED) is 0.579. The molecule has 0 fully saturated rings. The highest BCUT2D eigenvalue weighted by molar-refractivity contribution is 7.43. The second-order valence-electron chi connectivity index (χ2n) is 3.81. The lowest BCUT2D eigenvalue weighted by atomic mass is 10.3. The molecule has 2 aromatic carbocycles.